The van der Waals surface area contributed by atoms with Crippen molar-refractivity contribution >= 4 is 17.2 Å². The van der Waals surface area contributed by atoms with Crippen LogP contribution in [0.15, 0.2) is 54.6 Å². The van der Waals surface area contributed by atoms with Crippen LogP contribution in [0.2, 0.25) is 0 Å². The first-order valence-corrected chi connectivity index (χ1v) is 6.62. The Kier molecular flexibility index (Phi) is 4.66. The fourth-order valence-corrected chi connectivity index (χ4v) is 2.00. The molecule has 0 atom stereocenters. The summed E-state index contributed by atoms with van der Waals surface area (Å²) in [6.45, 7) is 0.561. The first-order chi connectivity index (χ1) is 10.1. The second-order valence-electron chi connectivity index (χ2n) is 4.73. The smallest absolute Gasteiger partial charge is 0.269 e. The number of non-ortho nitro benzene ring substituents is 1. The minimum Gasteiger partial charge on any atom is -0.374 e. The van der Waals surface area contributed by atoms with Gasteiger partial charge in [-0.15, -0.1) is 0 Å². The number of benzene rings is 2. The third-order valence-electron chi connectivity index (χ3n) is 3.27. The van der Waals surface area contributed by atoms with Gasteiger partial charge >= 0.3 is 0 Å². The largest absolute Gasteiger partial charge is 0.374 e. The number of nitrogens with zero attached hydrogens (tertiary/aromatic N) is 2. The van der Waals surface area contributed by atoms with E-state index in [0.717, 1.165) is 5.69 Å². The number of nitro benzene ring substituents is 1. The normalized spacial score (nSPS) is 10.1. The Morgan fingerprint density at radius 1 is 1.10 bits per heavy atom. The topological polar surface area (TPSA) is 63.5 Å². The number of hydrogen-bond acceptors (Lipinski definition) is 4. The molecule has 0 heterocycles. The molecule has 5 heteroatoms. The Balaban J connectivity index is 1.94. The maximum Gasteiger partial charge on any atom is 0.269 e. The molecular weight excluding hydrogens is 268 g/mol. The zero-order chi connectivity index (χ0) is 15.2. The molecule has 0 bridgehead atoms. The van der Waals surface area contributed by atoms with E-state index in [9.17, 15) is 14.9 Å². The molecule has 0 aliphatic carbocycles. The third kappa shape index (κ3) is 3.89. The number of hydrogen-bond donors (Lipinski definition) is 0. The molecule has 2 rings (SSSR count). The van der Waals surface area contributed by atoms with Crippen LogP contribution in [0.5, 0.6) is 0 Å². The van der Waals surface area contributed by atoms with Gasteiger partial charge in [0.15, 0.2) is 5.78 Å². The van der Waals surface area contributed by atoms with Crippen LogP contribution < -0.4 is 4.90 Å². The quantitative estimate of drug-likeness (QED) is 0.464. The molecule has 0 aromatic heterocycles. The number of anilines is 1. The van der Waals surface area contributed by atoms with Crippen LogP contribution >= 0.6 is 0 Å². The molecule has 0 fully saturated rings. The zero-order valence-corrected chi connectivity index (χ0v) is 11.7. The lowest BCUT2D eigenvalue weighted by atomic mass is 10.1. The summed E-state index contributed by atoms with van der Waals surface area (Å²) in [6, 6.07) is 15.5. The highest BCUT2D eigenvalue weighted by molar-refractivity contribution is 5.96. The molecule has 21 heavy (non-hydrogen) atoms. The summed E-state index contributed by atoms with van der Waals surface area (Å²) in [7, 11) is 1.86. The summed E-state index contributed by atoms with van der Waals surface area (Å²) in [6.07, 6.45) is 0.400. The lowest BCUT2D eigenvalue weighted by Gasteiger charge is -2.18. The Bertz CT molecular complexity index is 624. The Hall–Kier alpha value is -2.69. The summed E-state index contributed by atoms with van der Waals surface area (Å²) in [5, 5.41) is 10.6. The predicted molar refractivity (Wildman–Crippen MR) is 81.8 cm³/mol. The molecule has 0 saturated heterocycles. The number of rotatable bonds is 6. The maximum absolute atomic E-state index is 12.0. The number of carbonyl (C=O) groups is 1. The number of nitro groups is 1. The van der Waals surface area contributed by atoms with Crippen molar-refractivity contribution in [3.63, 3.8) is 0 Å². The first-order valence-electron chi connectivity index (χ1n) is 6.62. The van der Waals surface area contributed by atoms with Crippen molar-refractivity contribution in [2.24, 2.45) is 0 Å². The van der Waals surface area contributed by atoms with Crippen LogP contribution in [-0.2, 0) is 0 Å². The Morgan fingerprint density at radius 3 is 2.29 bits per heavy atom. The predicted octanol–water partition coefficient (Wildman–Crippen LogP) is 3.30. The van der Waals surface area contributed by atoms with Crippen LogP contribution in [0.25, 0.3) is 0 Å². The van der Waals surface area contributed by atoms with Crippen molar-refractivity contribution in [2.45, 2.75) is 6.42 Å². The van der Waals surface area contributed by atoms with Gasteiger partial charge in [0, 0.05) is 43.4 Å². The molecule has 0 aliphatic heterocycles. The van der Waals surface area contributed by atoms with Crippen molar-refractivity contribution in [3.8, 4) is 0 Å². The third-order valence-corrected chi connectivity index (χ3v) is 3.27. The van der Waals surface area contributed by atoms with E-state index >= 15 is 0 Å². The number of Topliss-reactive ketones (excluding diaryl/α,β-unsaturated/α-hetero) is 1. The Labute approximate surface area is 123 Å². The van der Waals surface area contributed by atoms with Gasteiger partial charge in [-0.1, -0.05) is 30.3 Å². The monoisotopic (exact) mass is 284 g/mol. The molecule has 0 radical (unpaired) electrons. The summed E-state index contributed by atoms with van der Waals surface area (Å²) in [5.41, 5.74) is 1.61. The fourth-order valence-electron chi connectivity index (χ4n) is 2.00. The van der Waals surface area contributed by atoms with E-state index < -0.39 is 4.92 Å². The molecule has 0 unspecified atom stereocenters. The highest BCUT2D eigenvalue weighted by Crippen LogP contribution is 2.18. The van der Waals surface area contributed by atoms with Crippen molar-refractivity contribution in [1.82, 2.24) is 0 Å². The van der Waals surface area contributed by atoms with E-state index in [1.165, 1.54) is 12.1 Å². The molecule has 2 aromatic rings. The van der Waals surface area contributed by atoms with Crippen LogP contribution in [0, 0.1) is 10.1 Å². The fraction of sp³-hybridized carbons (Fsp3) is 0.188. The summed E-state index contributed by atoms with van der Waals surface area (Å²) < 4.78 is 0. The van der Waals surface area contributed by atoms with Crippen molar-refractivity contribution in [2.75, 3.05) is 18.5 Å². The SMILES string of the molecule is CN(CCC(=O)c1ccccc1)c1ccc([N+](=O)[O-])cc1. The van der Waals surface area contributed by atoms with Crippen LogP contribution in [-0.4, -0.2) is 24.3 Å². The van der Waals surface area contributed by atoms with Gasteiger partial charge in [0.1, 0.15) is 0 Å². The van der Waals surface area contributed by atoms with Gasteiger partial charge in [-0.05, 0) is 12.1 Å². The summed E-state index contributed by atoms with van der Waals surface area (Å²) >= 11 is 0. The standard InChI is InChI=1S/C16H16N2O3/c1-17(14-7-9-15(10-8-14)18(20)21)12-11-16(19)13-5-3-2-4-6-13/h2-10H,11-12H2,1H3. The van der Waals surface area contributed by atoms with Gasteiger partial charge in [-0.2, -0.15) is 0 Å². The molecule has 0 saturated carbocycles. The van der Waals surface area contributed by atoms with Gasteiger partial charge in [-0.3, -0.25) is 14.9 Å². The second-order valence-corrected chi connectivity index (χ2v) is 4.73. The van der Waals surface area contributed by atoms with Crippen molar-refractivity contribution < 1.29 is 9.72 Å². The minimum absolute atomic E-state index is 0.0625. The average Bonchev–Trinajstić information content (AvgIpc) is 2.53. The van der Waals surface area contributed by atoms with E-state index in [0.29, 0.717) is 18.5 Å². The summed E-state index contributed by atoms with van der Waals surface area (Å²) in [5.74, 6) is 0.0874. The van der Waals surface area contributed by atoms with E-state index in [2.05, 4.69) is 0 Å². The highest BCUT2D eigenvalue weighted by atomic mass is 16.6. The first kappa shape index (κ1) is 14.7. The molecular formula is C16H16N2O3. The molecule has 0 amide bonds. The van der Waals surface area contributed by atoms with Crippen LogP contribution in [0.3, 0.4) is 0 Å². The molecule has 2 aromatic carbocycles. The van der Waals surface area contributed by atoms with Gasteiger partial charge in [-0.25, -0.2) is 0 Å². The van der Waals surface area contributed by atoms with Gasteiger partial charge in [0.05, 0.1) is 4.92 Å². The van der Waals surface area contributed by atoms with Gasteiger partial charge in [0.2, 0.25) is 0 Å². The Morgan fingerprint density at radius 2 is 1.71 bits per heavy atom. The number of carbonyl (C=O) groups excluding carboxylic acids is 1. The lowest BCUT2D eigenvalue weighted by molar-refractivity contribution is -0.384. The van der Waals surface area contributed by atoms with Crippen LogP contribution in [0.4, 0.5) is 11.4 Å². The second kappa shape index (κ2) is 6.65. The summed E-state index contributed by atoms with van der Waals surface area (Å²) in [4.78, 5) is 24.1. The molecule has 0 spiro atoms. The maximum atomic E-state index is 12.0. The molecule has 0 N–H and O–H groups in total. The van der Waals surface area contributed by atoms with Crippen LogP contribution in [0.1, 0.15) is 16.8 Å². The van der Waals surface area contributed by atoms with E-state index in [-0.39, 0.29) is 11.5 Å². The zero-order valence-electron chi connectivity index (χ0n) is 11.7. The average molecular weight is 284 g/mol. The molecule has 108 valence electrons. The van der Waals surface area contributed by atoms with Gasteiger partial charge < -0.3 is 4.90 Å². The number of ketones is 1. The van der Waals surface area contributed by atoms with E-state index in [1.807, 2.05) is 30.1 Å². The highest BCUT2D eigenvalue weighted by Gasteiger charge is 2.09. The molecule has 0 aliphatic rings. The van der Waals surface area contributed by atoms with Crippen molar-refractivity contribution in [3.05, 3.63) is 70.3 Å². The van der Waals surface area contributed by atoms with Crippen molar-refractivity contribution in [1.29, 1.82) is 0 Å². The lowest BCUT2D eigenvalue weighted by Crippen LogP contribution is -2.21. The van der Waals surface area contributed by atoms with Gasteiger partial charge in [0.25, 0.3) is 5.69 Å². The van der Waals surface area contributed by atoms with E-state index in [4.69, 9.17) is 0 Å². The molecule has 5 nitrogen and oxygen atoms in total. The minimum atomic E-state index is -0.428. The van der Waals surface area contributed by atoms with E-state index in [1.54, 1.807) is 24.3 Å².